The van der Waals surface area contributed by atoms with Crippen LogP contribution in [0.25, 0.3) is 0 Å². The number of hydrogen-bond donors (Lipinski definition) is 6. The van der Waals surface area contributed by atoms with Gasteiger partial charge >= 0.3 is 11.9 Å². The summed E-state index contributed by atoms with van der Waals surface area (Å²) < 4.78 is 11.7. The number of aliphatic carboxylic acids is 2. The van der Waals surface area contributed by atoms with Crippen molar-refractivity contribution in [3.8, 4) is 0 Å². The molecule has 14 atom stereocenters. The van der Waals surface area contributed by atoms with Crippen molar-refractivity contribution in [2.45, 2.75) is 136 Å². The molecule has 10 nitrogen and oxygen atoms in total. The maximum absolute atomic E-state index is 13.2. The van der Waals surface area contributed by atoms with E-state index in [1.807, 2.05) is 0 Å². The molecule has 0 radical (unpaired) electrons. The van der Waals surface area contributed by atoms with Crippen LogP contribution in [0.5, 0.6) is 0 Å². The SMILES string of the molecule is CC1(C)CCC2(C(=O)O)C(O)CC3(C)C(=CCC4C5(C)CCC(OC6OCC(O)C(O)C6O)C(C)(C(=O)O)C5CCC43C)C2C1. The van der Waals surface area contributed by atoms with Gasteiger partial charge in [-0.2, -0.15) is 0 Å². The van der Waals surface area contributed by atoms with E-state index in [4.69, 9.17) is 9.47 Å². The third-order valence-corrected chi connectivity index (χ3v) is 14.9. The summed E-state index contributed by atoms with van der Waals surface area (Å²) in [6.45, 7) is 12.7. The van der Waals surface area contributed by atoms with E-state index in [0.29, 0.717) is 32.1 Å². The number of aliphatic hydroxyl groups excluding tert-OH is 4. The molecular formula is C35H54O10. The molecule has 6 aliphatic rings. The van der Waals surface area contributed by atoms with Crippen LogP contribution in [0.1, 0.15) is 99.3 Å². The number of carboxylic acid groups (broad SMARTS) is 2. The van der Waals surface area contributed by atoms with Crippen LogP contribution < -0.4 is 0 Å². The topological polar surface area (TPSA) is 174 Å². The highest BCUT2D eigenvalue weighted by Crippen LogP contribution is 2.76. The first-order valence-electron chi connectivity index (χ1n) is 17.0. The minimum absolute atomic E-state index is 0.0325. The smallest absolute Gasteiger partial charge is 0.312 e. The van der Waals surface area contributed by atoms with Crippen molar-refractivity contribution in [3.05, 3.63) is 11.6 Å². The number of fused-ring (bicyclic) bond motifs is 7. The van der Waals surface area contributed by atoms with E-state index in [1.165, 1.54) is 5.57 Å². The van der Waals surface area contributed by atoms with E-state index in [2.05, 4.69) is 40.7 Å². The van der Waals surface area contributed by atoms with E-state index in [0.717, 1.165) is 25.7 Å². The van der Waals surface area contributed by atoms with Gasteiger partial charge in [0.2, 0.25) is 0 Å². The molecule has 4 saturated carbocycles. The summed E-state index contributed by atoms with van der Waals surface area (Å²) >= 11 is 0. The zero-order chi connectivity index (χ0) is 33.1. The Bertz CT molecular complexity index is 1260. The first kappa shape index (κ1) is 33.3. The van der Waals surface area contributed by atoms with E-state index in [-0.39, 0.29) is 40.6 Å². The zero-order valence-electron chi connectivity index (χ0n) is 27.7. The lowest BCUT2D eigenvalue weighted by Crippen LogP contribution is -2.69. The number of hydrogen-bond acceptors (Lipinski definition) is 8. The fourth-order valence-corrected chi connectivity index (χ4v) is 12.0. The van der Waals surface area contributed by atoms with Crippen LogP contribution in [-0.2, 0) is 19.1 Å². The number of ether oxygens (including phenoxy) is 2. The molecule has 0 bridgehead atoms. The van der Waals surface area contributed by atoms with Crippen molar-refractivity contribution in [2.75, 3.05) is 6.61 Å². The summed E-state index contributed by atoms with van der Waals surface area (Å²) in [6.07, 6.45) is 0.607. The molecule has 1 saturated heterocycles. The van der Waals surface area contributed by atoms with Gasteiger partial charge in [-0.3, -0.25) is 9.59 Å². The summed E-state index contributed by atoms with van der Waals surface area (Å²) in [4.78, 5) is 26.2. The Hall–Kier alpha value is -1.56. The number of carbonyl (C=O) groups is 2. The summed E-state index contributed by atoms with van der Waals surface area (Å²) in [7, 11) is 0. The van der Waals surface area contributed by atoms with E-state index >= 15 is 0 Å². The van der Waals surface area contributed by atoms with Crippen molar-refractivity contribution < 1.29 is 49.7 Å². The van der Waals surface area contributed by atoms with Crippen LogP contribution in [0.15, 0.2) is 11.6 Å². The molecule has 0 amide bonds. The predicted octanol–water partition coefficient (Wildman–Crippen LogP) is 3.73. The number of allylic oxidation sites excluding steroid dienone is 2. The van der Waals surface area contributed by atoms with Gasteiger partial charge in [0, 0.05) is 0 Å². The van der Waals surface area contributed by atoms with Crippen LogP contribution in [0, 0.1) is 50.2 Å². The molecule has 5 aliphatic carbocycles. The first-order valence-corrected chi connectivity index (χ1v) is 17.0. The maximum Gasteiger partial charge on any atom is 0.312 e. The van der Waals surface area contributed by atoms with E-state index in [1.54, 1.807) is 6.92 Å². The third kappa shape index (κ3) is 4.34. The zero-order valence-corrected chi connectivity index (χ0v) is 27.7. The Morgan fingerprint density at radius 1 is 0.844 bits per heavy atom. The summed E-state index contributed by atoms with van der Waals surface area (Å²) in [5.74, 6) is -2.27. The lowest BCUT2D eigenvalue weighted by atomic mass is 9.33. The fourth-order valence-electron chi connectivity index (χ4n) is 12.0. The van der Waals surface area contributed by atoms with Crippen molar-refractivity contribution in [1.82, 2.24) is 0 Å². The third-order valence-electron chi connectivity index (χ3n) is 14.9. The van der Waals surface area contributed by atoms with Gasteiger partial charge in [0.05, 0.1) is 24.2 Å². The average molecular weight is 635 g/mol. The van der Waals surface area contributed by atoms with Crippen LogP contribution in [-0.4, -0.2) is 86.0 Å². The van der Waals surface area contributed by atoms with Crippen molar-refractivity contribution in [2.24, 2.45) is 50.2 Å². The predicted molar refractivity (Wildman–Crippen MR) is 163 cm³/mol. The second-order valence-corrected chi connectivity index (χ2v) is 17.3. The quantitative estimate of drug-likeness (QED) is 0.198. The summed E-state index contributed by atoms with van der Waals surface area (Å²) in [5.41, 5.74) is -2.44. The highest BCUT2D eigenvalue weighted by Gasteiger charge is 2.72. The second kappa shape index (κ2) is 10.5. The van der Waals surface area contributed by atoms with E-state index in [9.17, 15) is 40.2 Å². The molecule has 45 heavy (non-hydrogen) atoms. The number of aliphatic hydroxyl groups is 4. The highest BCUT2D eigenvalue weighted by atomic mass is 16.7. The van der Waals surface area contributed by atoms with Crippen molar-refractivity contribution in [3.63, 3.8) is 0 Å². The molecule has 254 valence electrons. The van der Waals surface area contributed by atoms with Gasteiger partial charge in [-0.15, -0.1) is 0 Å². The molecule has 6 rings (SSSR count). The minimum atomic E-state index is -1.50. The lowest BCUT2D eigenvalue weighted by Gasteiger charge is -2.71. The first-order chi connectivity index (χ1) is 20.8. The molecular weight excluding hydrogens is 580 g/mol. The molecule has 0 aromatic rings. The molecule has 0 spiro atoms. The second-order valence-electron chi connectivity index (χ2n) is 17.3. The molecule has 14 unspecified atom stereocenters. The van der Waals surface area contributed by atoms with E-state index < -0.39 is 65.0 Å². The van der Waals surface area contributed by atoms with Gasteiger partial charge < -0.3 is 40.1 Å². The molecule has 10 heteroatoms. The fraction of sp³-hybridized carbons (Fsp3) is 0.886. The Morgan fingerprint density at radius 3 is 2.18 bits per heavy atom. The Balaban J connectivity index is 1.36. The molecule has 0 aromatic carbocycles. The average Bonchev–Trinajstić information content (AvgIpc) is 2.94. The Labute approximate surface area is 266 Å². The molecule has 0 aromatic heterocycles. The lowest BCUT2D eigenvalue weighted by molar-refractivity contribution is -0.308. The molecule has 1 aliphatic heterocycles. The Morgan fingerprint density at radius 2 is 1.53 bits per heavy atom. The largest absolute Gasteiger partial charge is 0.481 e. The maximum atomic E-state index is 13.2. The Kier molecular flexibility index (Phi) is 7.76. The molecule has 5 fully saturated rings. The van der Waals surface area contributed by atoms with Crippen LogP contribution in [0.2, 0.25) is 0 Å². The summed E-state index contributed by atoms with van der Waals surface area (Å²) in [5, 5.41) is 64.0. The van der Waals surface area contributed by atoms with Gasteiger partial charge in [-0.05, 0) is 104 Å². The molecule has 1 heterocycles. The number of rotatable bonds is 4. The van der Waals surface area contributed by atoms with Crippen LogP contribution >= 0.6 is 0 Å². The van der Waals surface area contributed by atoms with Gasteiger partial charge in [0.25, 0.3) is 0 Å². The van der Waals surface area contributed by atoms with Crippen molar-refractivity contribution >= 4 is 11.9 Å². The standard InChI is InChI=1S/C35H54O10/c1-30(2)13-14-35(29(42)43)19(15-30)18-7-8-21-31(3)11-10-24(45-27-26(39)25(38)20(36)17-44-27)34(6,28(40)41)22(31)9-12-32(21,4)33(18,5)16-23(35)37/h7,19-27,36-39H,8-17H2,1-6H3,(H,40,41)(H,42,43). The molecule has 6 N–H and O–H groups in total. The number of carboxylic acids is 2. The van der Waals surface area contributed by atoms with Gasteiger partial charge in [0.1, 0.15) is 23.7 Å². The van der Waals surface area contributed by atoms with Crippen molar-refractivity contribution in [1.29, 1.82) is 0 Å². The van der Waals surface area contributed by atoms with Gasteiger partial charge in [-0.25, -0.2) is 0 Å². The van der Waals surface area contributed by atoms with Crippen LogP contribution in [0.3, 0.4) is 0 Å². The van der Waals surface area contributed by atoms with Gasteiger partial charge in [0.15, 0.2) is 6.29 Å². The normalized spacial score (nSPS) is 54.0. The summed E-state index contributed by atoms with van der Waals surface area (Å²) in [6, 6.07) is 0. The van der Waals surface area contributed by atoms with Crippen LogP contribution in [0.4, 0.5) is 0 Å². The monoisotopic (exact) mass is 634 g/mol. The highest BCUT2D eigenvalue weighted by molar-refractivity contribution is 5.78. The minimum Gasteiger partial charge on any atom is -0.481 e. The van der Waals surface area contributed by atoms with Gasteiger partial charge in [-0.1, -0.05) is 46.3 Å².